The van der Waals surface area contributed by atoms with Crippen molar-refractivity contribution >= 4 is 11.8 Å². The van der Waals surface area contributed by atoms with Crippen molar-refractivity contribution in [2.75, 3.05) is 26.2 Å². The van der Waals surface area contributed by atoms with E-state index < -0.39 is 0 Å². The highest BCUT2D eigenvalue weighted by Crippen LogP contribution is 2.07. The second kappa shape index (κ2) is 4.44. The summed E-state index contributed by atoms with van der Waals surface area (Å²) in [4.78, 5) is 26.5. The van der Waals surface area contributed by atoms with Crippen LogP contribution in [-0.4, -0.2) is 47.8 Å². The van der Waals surface area contributed by atoms with Gasteiger partial charge in [-0.05, 0) is 6.92 Å². The number of carbonyl (C=O) groups excluding carboxylic acids is 2. The molecule has 0 aromatic carbocycles. The van der Waals surface area contributed by atoms with E-state index in [0.717, 1.165) is 6.54 Å². The first-order valence-electron chi connectivity index (χ1n) is 5.12. The fraction of sp³-hybridized carbons (Fsp3) is 0.800. The predicted molar refractivity (Wildman–Crippen MR) is 53.7 cm³/mol. The predicted octanol–water partition coefficient (Wildman–Crippen LogP) is 0.333. The van der Waals surface area contributed by atoms with Crippen LogP contribution in [0.25, 0.3) is 0 Å². The molecular weight excluding hydrogens is 180 g/mol. The lowest BCUT2D eigenvalue weighted by Crippen LogP contribution is -2.52. The van der Waals surface area contributed by atoms with E-state index in [-0.39, 0.29) is 24.3 Å². The topological polar surface area (TPSA) is 40.6 Å². The highest BCUT2D eigenvalue weighted by Gasteiger charge is 2.26. The van der Waals surface area contributed by atoms with Crippen molar-refractivity contribution in [3.63, 3.8) is 0 Å². The van der Waals surface area contributed by atoms with Crippen LogP contribution in [0.1, 0.15) is 20.8 Å². The van der Waals surface area contributed by atoms with E-state index in [9.17, 15) is 9.59 Å². The molecule has 0 N–H and O–H groups in total. The first-order chi connectivity index (χ1) is 6.56. The van der Waals surface area contributed by atoms with E-state index in [2.05, 4.69) is 0 Å². The largest absolute Gasteiger partial charge is 0.340 e. The highest BCUT2D eigenvalue weighted by molar-refractivity contribution is 5.86. The number of rotatable bonds is 2. The van der Waals surface area contributed by atoms with Gasteiger partial charge in [-0.2, -0.15) is 0 Å². The number of piperazine rings is 1. The van der Waals surface area contributed by atoms with Crippen LogP contribution < -0.4 is 0 Å². The van der Waals surface area contributed by atoms with Gasteiger partial charge in [0.1, 0.15) is 0 Å². The Balaban J connectivity index is 2.54. The van der Waals surface area contributed by atoms with E-state index in [1.165, 1.54) is 0 Å². The fourth-order valence-electron chi connectivity index (χ4n) is 1.60. The molecule has 14 heavy (non-hydrogen) atoms. The summed E-state index contributed by atoms with van der Waals surface area (Å²) in [5, 5.41) is 0. The van der Waals surface area contributed by atoms with Crippen molar-refractivity contribution in [2.45, 2.75) is 20.8 Å². The van der Waals surface area contributed by atoms with Gasteiger partial charge in [0.15, 0.2) is 0 Å². The van der Waals surface area contributed by atoms with Crippen molar-refractivity contribution in [1.82, 2.24) is 9.80 Å². The smallest absolute Gasteiger partial charge is 0.242 e. The number of likely N-dealkylation sites (N-methyl/N-ethyl adjacent to an activating group) is 1. The minimum Gasteiger partial charge on any atom is -0.340 e. The van der Waals surface area contributed by atoms with Crippen LogP contribution in [0.2, 0.25) is 0 Å². The molecule has 0 radical (unpaired) electrons. The van der Waals surface area contributed by atoms with Crippen LogP contribution >= 0.6 is 0 Å². The van der Waals surface area contributed by atoms with E-state index >= 15 is 0 Å². The fourth-order valence-corrected chi connectivity index (χ4v) is 1.60. The van der Waals surface area contributed by atoms with Crippen molar-refractivity contribution in [3.05, 3.63) is 0 Å². The Hall–Kier alpha value is -1.06. The molecule has 0 aliphatic carbocycles. The maximum Gasteiger partial charge on any atom is 0.242 e. The molecule has 0 unspecified atom stereocenters. The first-order valence-corrected chi connectivity index (χ1v) is 5.12. The first kappa shape index (κ1) is 11.0. The van der Waals surface area contributed by atoms with Crippen LogP contribution in [0.5, 0.6) is 0 Å². The third kappa shape index (κ3) is 2.25. The molecule has 0 spiro atoms. The standard InChI is InChI=1S/C10H18N2O2/c1-4-11-5-6-12(7-9(11)13)10(14)8(2)3/h8H,4-7H2,1-3H3. The molecule has 1 rings (SSSR count). The average molecular weight is 198 g/mol. The SMILES string of the molecule is CCN1CCN(C(=O)C(C)C)CC1=O. The summed E-state index contributed by atoms with van der Waals surface area (Å²) in [6.45, 7) is 8.02. The van der Waals surface area contributed by atoms with Gasteiger partial charge in [-0.3, -0.25) is 9.59 Å². The molecule has 1 saturated heterocycles. The van der Waals surface area contributed by atoms with Gasteiger partial charge in [-0.25, -0.2) is 0 Å². The minimum atomic E-state index is -0.0176. The molecule has 1 aliphatic rings. The number of hydrogen-bond acceptors (Lipinski definition) is 2. The molecule has 4 heteroatoms. The lowest BCUT2D eigenvalue weighted by atomic mass is 10.1. The average Bonchev–Trinajstić information content (AvgIpc) is 2.16. The van der Waals surface area contributed by atoms with Gasteiger partial charge >= 0.3 is 0 Å². The Bertz CT molecular complexity index is 238. The zero-order chi connectivity index (χ0) is 10.7. The molecular formula is C10H18N2O2. The molecule has 2 amide bonds. The third-order valence-corrected chi connectivity index (χ3v) is 2.51. The van der Waals surface area contributed by atoms with Crippen LogP contribution in [0.4, 0.5) is 0 Å². The maximum atomic E-state index is 11.6. The zero-order valence-corrected chi connectivity index (χ0v) is 9.12. The molecule has 1 fully saturated rings. The third-order valence-electron chi connectivity index (χ3n) is 2.51. The van der Waals surface area contributed by atoms with Crippen molar-refractivity contribution in [1.29, 1.82) is 0 Å². The molecule has 0 saturated carbocycles. The van der Waals surface area contributed by atoms with Crippen LogP contribution in [0.15, 0.2) is 0 Å². The zero-order valence-electron chi connectivity index (χ0n) is 9.12. The molecule has 0 aromatic heterocycles. The lowest BCUT2D eigenvalue weighted by Gasteiger charge is -2.34. The van der Waals surface area contributed by atoms with Gasteiger partial charge in [0.25, 0.3) is 0 Å². The summed E-state index contributed by atoms with van der Waals surface area (Å²) in [7, 11) is 0. The monoisotopic (exact) mass is 198 g/mol. The Labute approximate surface area is 84.9 Å². The van der Waals surface area contributed by atoms with Crippen molar-refractivity contribution in [3.8, 4) is 0 Å². The number of nitrogens with zero attached hydrogens (tertiary/aromatic N) is 2. The van der Waals surface area contributed by atoms with Crippen LogP contribution in [0.3, 0.4) is 0 Å². The molecule has 0 bridgehead atoms. The van der Waals surface area contributed by atoms with Gasteiger partial charge in [0.2, 0.25) is 11.8 Å². The van der Waals surface area contributed by atoms with Crippen molar-refractivity contribution < 1.29 is 9.59 Å². The second-order valence-electron chi connectivity index (χ2n) is 3.89. The molecule has 1 heterocycles. The quantitative estimate of drug-likeness (QED) is 0.641. The summed E-state index contributed by atoms with van der Waals surface area (Å²) >= 11 is 0. The van der Waals surface area contributed by atoms with Gasteiger partial charge in [0.05, 0.1) is 6.54 Å². The normalized spacial score (nSPS) is 17.9. The maximum absolute atomic E-state index is 11.6. The van der Waals surface area contributed by atoms with Gasteiger partial charge < -0.3 is 9.80 Å². The summed E-state index contributed by atoms with van der Waals surface area (Å²) in [6.07, 6.45) is 0. The molecule has 0 atom stereocenters. The van der Waals surface area contributed by atoms with Gasteiger partial charge in [0, 0.05) is 25.6 Å². The number of hydrogen-bond donors (Lipinski definition) is 0. The van der Waals surface area contributed by atoms with Crippen LogP contribution in [0, 0.1) is 5.92 Å². The summed E-state index contributed by atoms with van der Waals surface area (Å²) in [6, 6.07) is 0. The lowest BCUT2D eigenvalue weighted by molar-refractivity contribution is -0.146. The summed E-state index contributed by atoms with van der Waals surface area (Å²) in [5.74, 6) is 0.123. The summed E-state index contributed by atoms with van der Waals surface area (Å²) in [5.41, 5.74) is 0. The molecule has 80 valence electrons. The van der Waals surface area contributed by atoms with Crippen LogP contribution in [-0.2, 0) is 9.59 Å². The summed E-state index contributed by atoms with van der Waals surface area (Å²) < 4.78 is 0. The van der Waals surface area contributed by atoms with Gasteiger partial charge in [-0.15, -0.1) is 0 Å². The van der Waals surface area contributed by atoms with E-state index in [4.69, 9.17) is 0 Å². The Morgan fingerprint density at radius 1 is 1.43 bits per heavy atom. The Kier molecular flexibility index (Phi) is 3.49. The highest BCUT2D eigenvalue weighted by atomic mass is 16.2. The van der Waals surface area contributed by atoms with Gasteiger partial charge in [-0.1, -0.05) is 13.8 Å². The van der Waals surface area contributed by atoms with E-state index in [0.29, 0.717) is 13.1 Å². The van der Waals surface area contributed by atoms with E-state index in [1.807, 2.05) is 20.8 Å². The van der Waals surface area contributed by atoms with Crippen molar-refractivity contribution in [2.24, 2.45) is 5.92 Å². The minimum absolute atomic E-state index is 0.0176. The Morgan fingerprint density at radius 2 is 2.07 bits per heavy atom. The molecule has 4 nitrogen and oxygen atoms in total. The second-order valence-corrected chi connectivity index (χ2v) is 3.89. The number of amides is 2. The Morgan fingerprint density at radius 3 is 2.50 bits per heavy atom. The number of carbonyl (C=O) groups is 2. The molecule has 1 aliphatic heterocycles. The molecule has 0 aromatic rings. The van der Waals surface area contributed by atoms with E-state index in [1.54, 1.807) is 9.80 Å².